The second kappa shape index (κ2) is 6.75. The normalized spacial score (nSPS) is 20.7. The van der Waals surface area contributed by atoms with Crippen LogP contribution in [0.25, 0.3) is 0 Å². The zero-order valence-corrected chi connectivity index (χ0v) is 14.5. The van der Waals surface area contributed by atoms with Crippen molar-refractivity contribution in [2.75, 3.05) is 19.7 Å². The van der Waals surface area contributed by atoms with Gasteiger partial charge in [-0.3, -0.25) is 9.59 Å². The highest BCUT2D eigenvalue weighted by Gasteiger charge is 2.35. The molecule has 1 aromatic rings. The van der Waals surface area contributed by atoms with Crippen LogP contribution in [0.4, 0.5) is 0 Å². The first-order chi connectivity index (χ1) is 11.3. The molecule has 3 N–H and O–H groups in total. The monoisotopic (exact) mass is 374 g/mol. The fourth-order valence-electron chi connectivity index (χ4n) is 2.71. The van der Waals surface area contributed by atoms with E-state index in [0.717, 1.165) is 22.0 Å². The number of sulfonamides is 1. The van der Waals surface area contributed by atoms with Crippen molar-refractivity contribution in [2.45, 2.75) is 31.2 Å². The minimum absolute atomic E-state index is 0.0476. The van der Waals surface area contributed by atoms with Crippen LogP contribution < -0.4 is 10.5 Å². The molecule has 1 saturated heterocycles. The average Bonchev–Trinajstić information content (AvgIpc) is 3.17. The lowest BCUT2D eigenvalue weighted by Crippen LogP contribution is -2.43. The Labute approximate surface area is 143 Å². The quantitative estimate of drug-likeness (QED) is 0.634. The van der Waals surface area contributed by atoms with Gasteiger partial charge in [-0.05, 0) is 6.42 Å². The number of carbonyl (C=O) groups is 2. The SMILES string of the molecule is NS(=O)(=O)C1CCN(C(=O)C(=O)NCc2nc3c(s2)COCC3)C1. The number of amides is 2. The third-order valence-electron chi connectivity index (χ3n) is 4.03. The van der Waals surface area contributed by atoms with Crippen LogP contribution in [-0.4, -0.2) is 55.1 Å². The third kappa shape index (κ3) is 3.74. The van der Waals surface area contributed by atoms with Crippen molar-refractivity contribution in [1.82, 2.24) is 15.2 Å². The molecule has 0 aromatic carbocycles. The molecular weight excluding hydrogens is 356 g/mol. The number of thiazole rings is 1. The van der Waals surface area contributed by atoms with Gasteiger partial charge in [0, 0.05) is 19.5 Å². The predicted molar refractivity (Wildman–Crippen MR) is 85.4 cm³/mol. The summed E-state index contributed by atoms with van der Waals surface area (Å²) in [5, 5.41) is 7.53. The maximum absolute atomic E-state index is 12.1. The molecule has 132 valence electrons. The highest BCUT2D eigenvalue weighted by Crippen LogP contribution is 2.23. The number of ether oxygens (including phenoxy) is 1. The van der Waals surface area contributed by atoms with Gasteiger partial charge in [-0.15, -0.1) is 11.3 Å². The highest BCUT2D eigenvalue weighted by molar-refractivity contribution is 7.89. The number of carbonyl (C=O) groups excluding carboxylic acids is 2. The lowest BCUT2D eigenvalue weighted by atomic mass is 10.2. The lowest BCUT2D eigenvalue weighted by Gasteiger charge is -2.15. The molecule has 0 aliphatic carbocycles. The van der Waals surface area contributed by atoms with Crippen molar-refractivity contribution in [2.24, 2.45) is 5.14 Å². The molecule has 0 saturated carbocycles. The van der Waals surface area contributed by atoms with Crippen LogP contribution in [0.5, 0.6) is 0 Å². The molecule has 3 heterocycles. The summed E-state index contributed by atoms with van der Waals surface area (Å²) < 4.78 is 27.9. The Morgan fingerprint density at radius 1 is 1.46 bits per heavy atom. The van der Waals surface area contributed by atoms with Crippen LogP contribution in [-0.2, 0) is 43.9 Å². The van der Waals surface area contributed by atoms with E-state index in [1.54, 1.807) is 0 Å². The van der Waals surface area contributed by atoms with Crippen LogP contribution in [0.2, 0.25) is 0 Å². The van der Waals surface area contributed by atoms with Gasteiger partial charge in [-0.2, -0.15) is 0 Å². The highest BCUT2D eigenvalue weighted by atomic mass is 32.2. The molecular formula is C13H18N4O5S2. The Morgan fingerprint density at radius 3 is 2.92 bits per heavy atom. The van der Waals surface area contributed by atoms with E-state index in [-0.39, 0.29) is 26.1 Å². The first-order valence-corrected chi connectivity index (χ1v) is 9.91. The minimum Gasteiger partial charge on any atom is -0.375 e. The molecule has 9 nitrogen and oxygen atoms in total. The van der Waals surface area contributed by atoms with Crippen molar-refractivity contribution >= 4 is 33.2 Å². The van der Waals surface area contributed by atoms with Gasteiger partial charge in [0.15, 0.2) is 0 Å². The molecule has 11 heteroatoms. The molecule has 2 amide bonds. The molecule has 3 rings (SSSR count). The number of aromatic nitrogens is 1. The maximum Gasteiger partial charge on any atom is 0.311 e. The number of nitrogens with two attached hydrogens (primary N) is 1. The molecule has 0 bridgehead atoms. The molecule has 1 fully saturated rings. The molecule has 1 aromatic heterocycles. The number of nitrogens with zero attached hydrogens (tertiary/aromatic N) is 2. The molecule has 2 aliphatic rings. The summed E-state index contributed by atoms with van der Waals surface area (Å²) in [5.74, 6) is -1.51. The van der Waals surface area contributed by atoms with Crippen LogP contribution in [0.3, 0.4) is 0 Å². The Morgan fingerprint density at radius 2 is 2.25 bits per heavy atom. The van der Waals surface area contributed by atoms with Crippen molar-refractivity contribution in [3.8, 4) is 0 Å². The van der Waals surface area contributed by atoms with Gasteiger partial charge in [-0.25, -0.2) is 18.5 Å². The lowest BCUT2D eigenvalue weighted by molar-refractivity contribution is -0.145. The smallest absolute Gasteiger partial charge is 0.311 e. The number of hydrogen-bond acceptors (Lipinski definition) is 7. The molecule has 1 atom stereocenters. The van der Waals surface area contributed by atoms with Gasteiger partial charge >= 0.3 is 11.8 Å². The summed E-state index contributed by atoms with van der Waals surface area (Å²) in [4.78, 5) is 30.7. The fraction of sp³-hybridized carbons (Fsp3) is 0.615. The van der Waals surface area contributed by atoms with E-state index in [9.17, 15) is 18.0 Å². The van der Waals surface area contributed by atoms with Crippen molar-refractivity contribution in [3.05, 3.63) is 15.6 Å². The number of fused-ring (bicyclic) bond motifs is 1. The zero-order chi connectivity index (χ0) is 17.3. The number of rotatable bonds is 3. The van der Waals surface area contributed by atoms with E-state index in [0.29, 0.717) is 13.2 Å². The Kier molecular flexibility index (Phi) is 4.85. The van der Waals surface area contributed by atoms with E-state index in [4.69, 9.17) is 9.88 Å². The van der Waals surface area contributed by atoms with Crippen LogP contribution in [0.15, 0.2) is 0 Å². The van der Waals surface area contributed by atoms with Crippen molar-refractivity contribution in [1.29, 1.82) is 0 Å². The first kappa shape index (κ1) is 17.3. The molecule has 0 radical (unpaired) electrons. The largest absolute Gasteiger partial charge is 0.375 e. The topological polar surface area (TPSA) is 132 Å². The predicted octanol–water partition coefficient (Wildman–Crippen LogP) is -1.28. The summed E-state index contributed by atoms with van der Waals surface area (Å²) >= 11 is 1.45. The average molecular weight is 374 g/mol. The zero-order valence-electron chi connectivity index (χ0n) is 12.9. The van der Waals surface area contributed by atoms with E-state index in [2.05, 4.69) is 10.3 Å². The van der Waals surface area contributed by atoms with Crippen molar-refractivity contribution < 1.29 is 22.7 Å². The number of hydrogen-bond donors (Lipinski definition) is 2. The minimum atomic E-state index is -3.70. The first-order valence-electron chi connectivity index (χ1n) is 7.48. The molecule has 0 spiro atoms. The third-order valence-corrected chi connectivity index (χ3v) is 6.42. The van der Waals surface area contributed by atoms with Crippen LogP contribution in [0, 0.1) is 0 Å². The standard InChI is InChI=1S/C13H18N4O5S2/c14-24(20,21)8-1-3-17(6-8)13(19)12(18)15-5-11-16-9-2-4-22-7-10(9)23-11/h8H,1-7H2,(H,15,18)(H2,14,20,21). The van der Waals surface area contributed by atoms with E-state index < -0.39 is 27.1 Å². The van der Waals surface area contributed by atoms with Gasteiger partial charge in [0.05, 0.1) is 35.6 Å². The molecule has 1 unspecified atom stereocenters. The summed E-state index contributed by atoms with van der Waals surface area (Å²) in [6.45, 7) is 1.49. The second-order valence-corrected chi connectivity index (χ2v) is 8.73. The summed E-state index contributed by atoms with van der Waals surface area (Å²) in [7, 11) is -3.70. The Bertz CT molecular complexity index is 737. The van der Waals surface area contributed by atoms with Gasteiger partial charge in [0.25, 0.3) is 0 Å². The van der Waals surface area contributed by atoms with Crippen LogP contribution >= 0.6 is 11.3 Å². The van der Waals surface area contributed by atoms with Crippen molar-refractivity contribution in [3.63, 3.8) is 0 Å². The second-order valence-electron chi connectivity index (χ2n) is 5.71. The summed E-state index contributed by atoms with van der Waals surface area (Å²) in [5.41, 5.74) is 0.984. The summed E-state index contributed by atoms with van der Waals surface area (Å²) in [6.07, 6.45) is 0.999. The molecule has 2 aliphatic heterocycles. The van der Waals surface area contributed by atoms with Gasteiger partial charge in [-0.1, -0.05) is 0 Å². The Hall–Kier alpha value is -1.56. The Balaban J connectivity index is 1.53. The van der Waals surface area contributed by atoms with Gasteiger partial charge in [0.1, 0.15) is 5.01 Å². The fourth-order valence-corrected chi connectivity index (χ4v) is 4.52. The number of primary sulfonamides is 1. The summed E-state index contributed by atoms with van der Waals surface area (Å²) in [6, 6.07) is 0. The van der Waals surface area contributed by atoms with Crippen LogP contribution in [0.1, 0.15) is 22.0 Å². The van der Waals surface area contributed by atoms with E-state index >= 15 is 0 Å². The van der Waals surface area contributed by atoms with E-state index in [1.807, 2.05) is 0 Å². The van der Waals surface area contributed by atoms with Gasteiger partial charge in [0.2, 0.25) is 10.0 Å². The maximum atomic E-state index is 12.1. The molecule has 24 heavy (non-hydrogen) atoms. The number of nitrogens with one attached hydrogen (secondary N) is 1. The number of likely N-dealkylation sites (tertiary alicyclic amines) is 1. The van der Waals surface area contributed by atoms with Gasteiger partial charge < -0.3 is 15.0 Å². The van der Waals surface area contributed by atoms with E-state index in [1.165, 1.54) is 16.2 Å².